The number of aromatic amines is 1. The van der Waals surface area contributed by atoms with Gasteiger partial charge in [-0.05, 0) is 29.1 Å². The molecular weight excluding hydrogens is 311 g/mol. The Hall–Kier alpha value is -2.66. The summed E-state index contributed by atoms with van der Waals surface area (Å²) in [5.74, 6) is -0.885. The monoisotopic (exact) mass is 324 g/mol. The minimum absolute atomic E-state index is 0.288. The van der Waals surface area contributed by atoms with Gasteiger partial charge in [0.05, 0.1) is 0 Å². The van der Waals surface area contributed by atoms with E-state index in [9.17, 15) is 9.50 Å². The highest BCUT2D eigenvalue weighted by atomic mass is 32.1. The van der Waals surface area contributed by atoms with E-state index in [1.54, 1.807) is 23.5 Å². The SMILES string of the molecule is Oc1c(F)cccc1Cc1c[nH]c2ncc(-c3cccs3)cc12. The average molecular weight is 324 g/mol. The number of nitrogens with one attached hydrogen (secondary N) is 1. The van der Waals surface area contributed by atoms with Gasteiger partial charge in [-0.25, -0.2) is 9.37 Å². The number of hydrogen-bond acceptors (Lipinski definition) is 3. The summed E-state index contributed by atoms with van der Waals surface area (Å²) in [5.41, 5.74) is 3.38. The third kappa shape index (κ3) is 2.49. The van der Waals surface area contributed by atoms with Crippen LogP contribution in [0.3, 0.4) is 0 Å². The third-order valence-corrected chi connectivity index (χ3v) is 4.79. The van der Waals surface area contributed by atoms with Crippen molar-refractivity contribution in [3.05, 3.63) is 71.1 Å². The average Bonchev–Trinajstić information content (AvgIpc) is 3.21. The minimum atomic E-state index is -0.597. The fraction of sp³-hybridized carbons (Fsp3) is 0.0556. The topological polar surface area (TPSA) is 48.9 Å². The molecule has 0 aliphatic heterocycles. The summed E-state index contributed by atoms with van der Waals surface area (Å²) in [5, 5.41) is 12.9. The van der Waals surface area contributed by atoms with Crippen LogP contribution in [0, 0.1) is 5.82 Å². The molecule has 2 N–H and O–H groups in total. The molecule has 114 valence electrons. The molecule has 0 unspecified atom stereocenters. The van der Waals surface area contributed by atoms with Crippen LogP contribution >= 0.6 is 11.3 Å². The quantitative estimate of drug-likeness (QED) is 0.572. The molecule has 0 saturated heterocycles. The van der Waals surface area contributed by atoms with Gasteiger partial charge in [-0.1, -0.05) is 18.2 Å². The third-order valence-electron chi connectivity index (χ3n) is 3.87. The van der Waals surface area contributed by atoms with Crippen LogP contribution in [0.1, 0.15) is 11.1 Å². The molecule has 0 saturated carbocycles. The first-order chi connectivity index (χ1) is 11.2. The number of rotatable bonds is 3. The van der Waals surface area contributed by atoms with E-state index in [0.717, 1.165) is 27.0 Å². The number of benzene rings is 1. The predicted octanol–water partition coefficient (Wildman–Crippen LogP) is 4.73. The zero-order chi connectivity index (χ0) is 15.8. The van der Waals surface area contributed by atoms with E-state index in [1.165, 1.54) is 6.07 Å². The lowest BCUT2D eigenvalue weighted by Crippen LogP contribution is -1.90. The molecule has 4 aromatic rings. The fourth-order valence-electron chi connectivity index (χ4n) is 2.69. The van der Waals surface area contributed by atoms with Crippen LogP contribution in [0.5, 0.6) is 5.75 Å². The minimum Gasteiger partial charge on any atom is -0.505 e. The van der Waals surface area contributed by atoms with E-state index in [-0.39, 0.29) is 5.75 Å². The van der Waals surface area contributed by atoms with Crippen LogP contribution in [0.25, 0.3) is 21.5 Å². The Balaban J connectivity index is 1.78. The van der Waals surface area contributed by atoms with Crippen LogP contribution < -0.4 is 0 Å². The molecule has 0 spiro atoms. The highest BCUT2D eigenvalue weighted by molar-refractivity contribution is 7.13. The Morgan fingerprint density at radius 2 is 2.09 bits per heavy atom. The van der Waals surface area contributed by atoms with Crippen molar-refractivity contribution in [2.45, 2.75) is 6.42 Å². The number of halogens is 1. The molecule has 0 radical (unpaired) electrons. The molecule has 1 aromatic carbocycles. The number of thiophene rings is 1. The summed E-state index contributed by atoms with van der Waals surface area (Å²) < 4.78 is 13.5. The summed E-state index contributed by atoms with van der Waals surface area (Å²) in [7, 11) is 0. The Kier molecular flexibility index (Phi) is 3.35. The zero-order valence-electron chi connectivity index (χ0n) is 12.1. The maximum Gasteiger partial charge on any atom is 0.165 e. The van der Waals surface area contributed by atoms with Gasteiger partial charge in [0.2, 0.25) is 0 Å². The van der Waals surface area contributed by atoms with Crippen molar-refractivity contribution < 1.29 is 9.50 Å². The Morgan fingerprint density at radius 3 is 2.91 bits per heavy atom. The number of phenolic OH excluding ortho intramolecular Hbond substituents is 1. The number of H-pyrrole nitrogens is 1. The molecule has 4 rings (SSSR count). The summed E-state index contributed by atoms with van der Waals surface area (Å²) >= 11 is 1.66. The first kappa shape index (κ1) is 14.0. The molecule has 3 heterocycles. The van der Waals surface area contributed by atoms with Crippen LogP contribution in [-0.4, -0.2) is 15.1 Å². The van der Waals surface area contributed by atoms with E-state index in [1.807, 2.05) is 23.8 Å². The van der Waals surface area contributed by atoms with Gasteiger partial charge in [-0.3, -0.25) is 0 Å². The number of nitrogens with zero attached hydrogens (tertiary/aromatic N) is 1. The van der Waals surface area contributed by atoms with Crippen LogP contribution in [-0.2, 0) is 6.42 Å². The van der Waals surface area contributed by atoms with E-state index in [2.05, 4.69) is 22.1 Å². The van der Waals surface area contributed by atoms with Crippen molar-refractivity contribution in [2.24, 2.45) is 0 Å². The number of para-hydroxylation sites is 1. The lowest BCUT2D eigenvalue weighted by molar-refractivity contribution is 0.427. The number of hydrogen-bond donors (Lipinski definition) is 2. The Labute approximate surface area is 136 Å². The van der Waals surface area contributed by atoms with Crippen LogP contribution in [0.2, 0.25) is 0 Å². The largest absolute Gasteiger partial charge is 0.505 e. The van der Waals surface area contributed by atoms with Crippen molar-refractivity contribution in [1.82, 2.24) is 9.97 Å². The van der Waals surface area contributed by atoms with Crippen molar-refractivity contribution in [1.29, 1.82) is 0 Å². The number of fused-ring (bicyclic) bond motifs is 1. The number of aromatic nitrogens is 2. The molecule has 0 aliphatic rings. The van der Waals surface area contributed by atoms with E-state index < -0.39 is 5.82 Å². The van der Waals surface area contributed by atoms with Crippen molar-refractivity contribution >= 4 is 22.4 Å². The molecule has 0 aliphatic carbocycles. The van der Waals surface area contributed by atoms with Gasteiger partial charge >= 0.3 is 0 Å². The number of pyridine rings is 1. The Morgan fingerprint density at radius 1 is 1.17 bits per heavy atom. The van der Waals surface area contributed by atoms with Crippen LogP contribution in [0.4, 0.5) is 4.39 Å². The molecule has 23 heavy (non-hydrogen) atoms. The zero-order valence-corrected chi connectivity index (χ0v) is 12.9. The standard InChI is InChI=1S/C18H13FN2OS/c19-15-4-1-3-11(17(15)22)7-12-9-20-18-14(12)8-13(10-21-18)16-5-2-6-23-16/h1-6,8-10,22H,7H2,(H,20,21). The van der Waals surface area contributed by atoms with E-state index in [0.29, 0.717) is 12.0 Å². The molecule has 5 heteroatoms. The fourth-order valence-corrected chi connectivity index (χ4v) is 3.40. The smallest absolute Gasteiger partial charge is 0.165 e. The number of phenols is 1. The summed E-state index contributed by atoms with van der Waals surface area (Å²) in [6.45, 7) is 0. The second-order valence-corrected chi connectivity index (χ2v) is 6.28. The van der Waals surface area contributed by atoms with Crippen molar-refractivity contribution in [3.63, 3.8) is 0 Å². The maximum atomic E-state index is 13.5. The van der Waals surface area contributed by atoms with Crippen LogP contribution in [0.15, 0.2) is 54.2 Å². The Bertz CT molecular complexity index is 976. The summed E-state index contributed by atoms with van der Waals surface area (Å²) in [4.78, 5) is 8.74. The molecule has 0 bridgehead atoms. The first-order valence-corrected chi connectivity index (χ1v) is 8.06. The molecule has 3 nitrogen and oxygen atoms in total. The van der Waals surface area contributed by atoms with Gasteiger partial charge in [0.15, 0.2) is 11.6 Å². The number of aromatic hydroxyl groups is 1. The predicted molar refractivity (Wildman–Crippen MR) is 90.3 cm³/mol. The van der Waals surface area contributed by atoms with E-state index >= 15 is 0 Å². The van der Waals surface area contributed by atoms with E-state index in [4.69, 9.17) is 0 Å². The molecule has 3 aromatic heterocycles. The lowest BCUT2D eigenvalue weighted by Gasteiger charge is -2.05. The van der Waals surface area contributed by atoms with Gasteiger partial charge in [0.25, 0.3) is 0 Å². The molecule has 0 fully saturated rings. The highest BCUT2D eigenvalue weighted by Gasteiger charge is 2.12. The molecular formula is C18H13FN2OS. The lowest BCUT2D eigenvalue weighted by atomic mass is 10.0. The second-order valence-electron chi connectivity index (χ2n) is 5.34. The summed E-state index contributed by atoms with van der Waals surface area (Å²) in [6.07, 6.45) is 4.15. The molecule has 0 amide bonds. The van der Waals surface area contributed by atoms with Gasteiger partial charge in [0.1, 0.15) is 5.65 Å². The normalized spacial score (nSPS) is 11.2. The maximum absolute atomic E-state index is 13.5. The summed E-state index contributed by atoms with van der Waals surface area (Å²) in [6, 6.07) is 10.7. The van der Waals surface area contributed by atoms with Gasteiger partial charge < -0.3 is 10.1 Å². The van der Waals surface area contributed by atoms with Gasteiger partial charge in [-0.15, -0.1) is 11.3 Å². The highest BCUT2D eigenvalue weighted by Crippen LogP contribution is 2.30. The van der Waals surface area contributed by atoms with Crippen molar-refractivity contribution in [3.8, 4) is 16.2 Å². The second kappa shape index (κ2) is 5.52. The molecule has 0 atom stereocenters. The van der Waals surface area contributed by atoms with Gasteiger partial charge in [-0.2, -0.15) is 0 Å². The van der Waals surface area contributed by atoms with Crippen molar-refractivity contribution in [2.75, 3.05) is 0 Å². The van der Waals surface area contributed by atoms with Gasteiger partial charge in [0, 0.05) is 40.2 Å². The first-order valence-electron chi connectivity index (χ1n) is 7.18.